The number of carbonyl (C=O) groups is 1. The number of aryl methyl sites for hydroxylation is 2. The van der Waals surface area contributed by atoms with Crippen LogP contribution >= 0.6 is 22.9 Å². The Kier molecular flexibility index (Phi) is 5.51. The zero-order valence-electron chi connectivity index (χ0n) is 15.8. The van der Waals surface area contributed by atoms with E-state index in [0.717, 1.165) is 55.6 Å². The number of amides is 1. The van der Waals surface area contributed by atoms with Crippen LogP contribution in [0.25, 0.3) is 10.2 Å². The number of aromatic nitrogens is 2. The summed E-state index contributed by atoms with van der Waals surface area (Å²) in [6.45, 7) is 3.09. The molecule has 1 aromatic carbocycles. The van der Waals surface area contributed by atoms with Crippen LogP contribution in [0, 0.1) is 6.92 Å². The molecule has 146 valence electrons. The second-order valence-corrected chi connectivity index (χ2v) is 8.60. The molecular weight excluding hydrogens is 394 g/mol. The molecule has 0 atom stereocenters. The first-order chi connectivity index (χ1) is 13.5. The molecule has 7 heteroatoms. The maximum absolute atomic E-state index is 13.0. The van der Waals surface area contributed by atoms with Crippen molar-refractivity contribution in [1.29, 1.82) is 0 Å². The normalized spacial score (nSPS) is 13.9. The molecule has 0 aliphatic carbocycles. The van der Waals surface area contributed by atoms with Crippen molar-refractivity contribution in [2.45, 2.75) is 45.6 Å². The van der Waals surface area contributed by atoms with Gasteiger partial charge in [0.2, 0.25) is 0 Å². The molecule has 0 unspecified atom stereocenters. The van der Waals surface area contributed by atoms with Gasteiger partial charge in [-0.1, -0.05) is 30.2 Å². The van der Waals surface area contributed by atoms with Crippen molar-refractivity contribution < 1.29 is 4.79 Å². The topological polar surface area (TPSA) is 64.0 Å². The Hall–Kier alpha value is -2.18. The molecule has 4 rings (SSSR count). The lowest BCUT2D eigenvalue weighted by molar-refractivity contribution is 0.0957. The van der Waals surface area contributed by atoms with Gasteiger partial charge in [-0.3, -0.25) is 14.2 Å². The molecule has 1 N–H and O–H groups in total. The lowest BCUT2D eigenvalue weighted by atomic mass is 10.1. The number of halogens is 1. The minimum absolute atomic E-state index is 0.00383. The Morgan fingerprint density at radius 2 is 2.04 bits per heavy atom. The molecule has 1 amide bonds. The summed E-state index contributed by atoms with van der Waals surface area (Å²) in [5.74, 6) is 0.708. The van der Waals surface area contributed by atoms with Gasteiger partial charge in [-0.05, 0) is 49.4 Å². The van der Waals surface area contributed by atoms with Crippen LogP contribution in [0.4, 0.5) is 0 Å². The number of hydrogen-bond acceptors (Lipinski definition) is 4. The number of carbonyl (C=O) groups excluding carboxylic acids is 1. The van der Waals surface area contributed by atoms with Gasteiger partial charge < -0.3 is 5.32 Å². The molecule has 3 heterocycles. The van der Waals surface area contributed by atoms with Gasteiger partial charge in [0.1, 0.15) is 10.7 Å². The maximum Gasteiger partial charge on any atom is 0.262 e. The van der Waals surface area contributed by atoms with Gasteiger partial charge in [0.05, 0.1) is 10.3 Å². The van der Waals surface area contributed by atoms with E-state index in [2.05, 4.69) is 5.32 Å². The van der Waals surface area contributed by atoms with Gasteiger partial charge in [-0.2, -0.15) is 0 Å². The fraction of sp³-hybridized carbons (Fsp3) is 0.381. The van der Waals surface area contributed by atoms with E-state index in [1.165, 1.54) is 11.3 Å². The Labute approximate surface area is 172 Å². The van der Waals surface area contributed by atoms with Crippen molar-refractivity contribution in [2.75, 3.05) is 6.54 Å². The first kappa shape index (κ1) is 19.2. The monoisotopic (exact) mass is 415 g/mol. The van der Waals surface area contributed by atoms with Crippen molar-refractivity contribution >= 4 is 39.1 Å². The summed E-state index contributed by atoms with van der Waals surface area (Å²) in [5.41, 5.74) is 1.85. The third-order valence-corrected chi connectivity index (χ3v) is 6.67. The smallest absolute Gasteiger partial charge is 0.262 e. The lowest BCUT2D eigenvalue weighted by Gasteiger charge is -2.08. The number of nitrogens with zero attached hydrogens (tertiary/aromatic N) is 2. The van der Waals surface area contributed by atoms with E-state index in [1.54, 1.807) is 4.57 Å². The van der Waals surface area contributed by atoms with Crippen LogP contribution < -0.4 is 10.9 Å². The Balaban J connectivity index is 1.55. The average Bonchev–Trinajstić information content (AvgIpc) is 2.85. The van der Waals surface area contributed by atoms with E-state index < -0.39 is 0 Å². The van der Waals surface area contributed by atoms with Gasteiger partial charge in [0, 0.05) is 24.5 Å². The first-order valence-electron chi connectivity index (χ1n) is 9.60. The highest BCUT2D eigenvalue weighted by Gasteiger charge is 2.22. The van der Waals surface area contributed by atoms with Gasteiger partial charge in [0.15, 0.2) is 0 Å². The number of rotatable bonds is 4. The predicted molar refractivity (Wildman–Crippen MR) is 114 cm³/mol. The Morgan fingerprint density at radius 3 is 2.82 bits per heavy atom. The molecular formula is C21H22ClN3O2S. The quantitative estimate of drug-likeness (QED) is 0.697. The predicted octanol–water partition coefficient (Wildman–Crippen LogP) is 4.12. The van der Waals surface area contributed by atoms with Crippen molar-refractivity contribution in [3.8, 4) is 0 Å². The van der Waals surface area contributed by atoms with E-state index in [0.29, 0.717) is 26.7 Å². The van der Waals surface area contributed by atoms with Crippen molar-refractivity contribution in [3.63, 3.8) is 0 Å². The van der Waals surface area contributed by atoms with E-state index in [-0.39, 0.29) is 11.5 Å². The minimum atomic E-state index is -0.144. The van der Waals surface area contributed by atoms with Crippen molar-refractivity contribution in [3.05, 3.63) is 61.5 Å². The number of thiophene rings is 1. The summed E-state index contributed by atoms with van der Waals surface area (Å²) in [6, 6.07) is 7.60. The van der Waals surface area contributed by atoms with Gasteiger partial charge in [-0.25, -0.2) is 4.98 Å². The number of fused-ring (bicyclic) bond motifs is 2. The van der Waals surface area contributed by atoms with Crippen LogP contribution in [0.3, 0.4) is 0 Å². The summed E-state index contributed by atoms with van der Waals surface area (Å²) in [7, 11) is 0. The first-order valence-corrected chi connectivity index (χ1v) is 10.8. The highest BCUT2D eigenvalue weighted by Crippen LogP contribution is 2.28. The summed E-state index contributed by atoms with van der Waals surface area (Å²) in [5, 5.41) is 4.26. The second kappa shape index (κ2) is 8.05. The van der Waals surface area contributed by atoms with Crippen LogP contribution in [-0.2, 0) is 19.4 Å². The second-order valence-electron chi connectivity index (χ2n) is 7.16. The molecule has 0 bridgehead atoms. The fourth-order valence-electron chi connectivity index (χ4n) is 3.68. The summed E-state index contributed by atoms with van der Waals surface area (Å²) in [4.78, 5) is 31.7. The zero-order valence-corrected chi connectivity index (χ0v) is 17.3. The number of nitrogens with one attached hydrogen (secondary N) is 1. The van der Waals surface area contributed by atoms with Crippen molar-refractivity contribution in [2.24, 2.45) is 0 Å². The third kappa shape index (κ3) is 3.71. The van der Waals surface area contributed by atoms with Crippen LogP contribution in [0.1, 0.15) is 45.9 Å². The Bertz CT molecular complexity index is 1090. The van der Waals surface area contributed by atoms with Gasteiger partial charge in [-0.15, -0.1) is 11.3 Å². The lowest BCUT2D eigenvalue weighted by Crippen LogP contribution is -2.26. The third-order valence-electron chi connectivity index (χ3n) is 5.23. The summed E-state index contributed by atoms with van der Waals surface area (Å²) >= 11 is 7.22. The number of benzene rings is 1. The summed E-state index contributed by atoms with van der Waals surface area (Å²) in [6.07, 6.45) is 4.73. The Morgan fingerprint density at radius 1 is 1.25 bits per heavy atom. The van der Waals surface area contributed by atoms with Gasteiger partial charge in [0.25, 0.3) is 11.5 Å². The van der Waals surface area contributed by atoms with E-state index >= 15 is 0 Å². The molecule has 2 aromatic heterocycles. The molecule has 0 saturated heterocycles. The van der Waals surface area contributed by atoms with Gasteiger partial charge >= 0.3 is 0 Å². The van der Waals surface area contributed by atoms with Crippen LogP contribution in [0.2, 0.25) is 5.02 Å². The largest absolute Gasteiger partial charge is 0.351 e. The molecule has 28 heavy (non-hydrogen) atoms. The summed E-state index contributed by atoms with van der Waals surface area (Å²) < 4.78 is 1.80. The molecule has 1 aliphatic heterocycles. The zero-order chi connectivity index (χ0) is 19.7. The molecule has 0 fully saturated rings. The molecule has 3 aromatic rings. The standard InChI is InChI=1S/C21H22ClN3O2S/c1-13-17-20(24-16-5-3-2-4-12-25(16)21(17)27)28-18(13)19(26)23-11-10-14-6-8-15(22)9-7-14/h6-9H,2-5,10-12H2,1H3,(H,23,26). The number of hydrogen-bond donors (Lipinski definition) is 1. The van der Waals surface area contributed by atoms with Crippen molar-refractivity contribution in [1.82, 2.24) is 14.9 Å². The fourth-order valence-corrected chi connectivity index (χ4v) is 4.91. The minimum Gasteiger partial charge on any atom is -0.351 e. The van der Waals surface area contributed by atoms with E-state index in [4.69, 9.17) is 16.6 Å². The average molecular weight is 416 g/mol. The van der Waals surface area contributed by atoms with Crippen LogP contribution in [0.5, 0.6) is 0 Å². The van der Waals surface area contributed by atoms with E-state index in [1.807, 2.05) is 31.2 Å². The van der Waals surface area contributed by atoms with Crippen LogP contribution in [-0.4, -0.2) is 22.0 Å². The molecule has 0 saturated carbocycles. The highest BCUT2D eigenvalue weighted by molar-refractivity contribution is 7.20. The van der Waals surface area contributed by atoms with E-state index in [9.17, 15) is 9.59 Å². The highest BCUT2D eigenvalue weighted by atomic mass is 35.5. The molecule has 1 aliphatic rings. The maximum atomic E-state index is 13.0. The molecule has 5 nitrogen and oxygen atoms in total. The SMILES string of the molecule is Cc1c(C(=O)NCCc2ccc(Cl)cc2)sc2nc3n(c(=O)c12)CCCCC3. The molecule has 0 spiro atoms. The van der Waals surface area contributed by atoms with Crippen LogP contribution in [0.15, 0.2) is 29.1 Å². The molecule has 0 radical (unpaired) electrons.